The largest absolute Gasteiger partial charge is 0.489 e. The second-order valence-electron chi connectivity index (χ2n) is 6.93. The number of hydrogen-bond acceptors (Lipinski definition) is 7. The van der Waals surface area contributed by atoms with Gasteiger partial charge in [0.15, 0.2) is 15.8 Å². The topological polar surface area (TPSA) is 81.9 Å². The van der Waals surface area contributed by atoms with Gasteiger partial charge in [-0.25, -0.2) is 13.5 Å². The molecule has 0 radical (unpaired) electrons. The molecule has 7 nitrogen and oxygen atoms in total. The summed E-state index contributed by atoms with van der Waals surface area (Å²) in [6.45, 7) is 2.34. The molecule has 0 aliphatic heterocycles. The summed E-state index contributed by atoms with van der Waals surface area (Å²) < 4.78 is 34.9. The lowest BCUT2D eigenvalue weighted by atomic mass is 10.2. The number of anilines is 1. The fourth-order valence-electron chi connectivity index (χ4n) is 2.84. The van der Waals surface area contributed by atoms with Crippen molar-refractivity contribution < 1.29 is 18.3 Å². The van der Waals surface area contributed by atoms with E-state index in [9.17, 15) is 13.6 Å². The summed E-state index contributed by atoms with van der Waals surface area (Å²) in [4.78, 5) is 12.9. The van der Waals surface area contributed by atoms with Gasteiger partial charge in [0, 0.05) is 16.3 Å². The van der Waals surface area contributed by atoms with Crippen molar-refractivity contribution in [1.29, 1.82) is 0 Å². The van der Waals surface area contributed by atoms with Crippen LogP contribution in [0.25, 0.3) is 5.69 Å². The van der Waals surface area contributed by atoms with Gasteiger partial charge in [0.1, 0.15) is 11.6 Å². The van der Waals surface area contributed by atoms with E-state index in [0.29, 0.717) is 27.2 Å². The predicted octanol–water partition coefficient (Wildman–Crippen LogP) is 5.99. The van der Waals surface area contributed by atoms with Crippen molar-refractivity contribution in [2.75, 3.05) is 11.9 Å². The second-order valence-corrected chi connectivity index (χ2v) is 9.53. The van der Waals surface area contributed by atoms with Crippen molar-refractivity contribution in [3.8, 4) is 11.4 Å². The zero-order valence-electron chi connectivity index (χ0n) is 17.8. The van der Waals surface area contributed by atoms with Crippen molar-refractivity contribution in [2.45, 2.75) is 23.4 Å². The molecule has 2 aromatic carbocycles. The number of aromatic nitrogens is 4. The van der Waals surface area contributed by atoms with Crippen molar-refractivity contribution >= 4 is 45.7 Å². The normalized spacial score (nSPS) is 10.9. The average Bonchev–Trinajstić information content (AvgIpc) is 3.45. The number of amides is 1. The van der Waals surface area contributed by atoms with E-state index in [1.807, 2.05) is 6.92 Å². The molecule has 4 rings (SSSR count). The Balaban J connectivity index is 1.48. The number of hydrogen-bond donors (Lipinski definition) is 1. The molecule has 0 spiro atoms. The maximum atomic E-state index is 14.0. The van der Waals surface area contributed by atoms with Gasteiger partial charge in [0.2, 0.25) is 5.13 Å². The maximum absolute atomic E-state index is 14.0. The van der Waals surface area contributed by atoms with Crippen LogP contribution in [0.15, 0.2) is 53.0 Å². The molecule has 34 heavy (non-hydrogen) atoms. The molecule has 1 amide bonds. The van der Waals surface area contributed by atoms with Crippen molar-refractivity contribution in [2.24, 2.45) is 0 Å². The number of nitrogens with one attached hydrogen (secondary N) is 1. The molecule has 176 valence electrons. The third-order valence-corrected chi connectivity index (χ3v) is 6.83. The highest BCUT2D eigenvalue weighted by molar-refractivity contribution is 8.00. The number of halogens is 3. The molecule has 0 saturated heterocycles. The fraction of sp³-hybridized carbons (Fsp3) is 0.182. The Morgan fingerprint density at radius 3 is 2.74 bits per heavy atom. The summed E-state index contributed by atoms with van der Waals surface area (Å²) in [7, 11) is 0. The van der Waals surface area contributed by atoms with Gasteiger partial charge in [-0.05, 0) is 42.8 Å². The first-order valence-electron chi connectivity index (χ1n) is 10.1. The maximum Gasteiger partial charge on any atom is 0.281 e. The van der Waals surface area contributed by atoms with E-state index in [2.05, 4.69) is 20.6 Å². The van der Waals surface area contributed by atoms with Crippen LogP contribution in [0.1, 0.15) is 29.4 Å². The quantitative estimate of drug-likeness (QED) is 0.215. The van der Waals surface area contributed by atoms with Crippen LogP contribution in [0.4, 0.5) is 13.9 Å². The van der Waals surface area contributed by atoms with Crippen LogP contribution in [0.3, 0.4) is 0 Å². The molecule has 4 aromatic rings. The van der Waals surface area contributed by atoms with E-state index in [-0.39, 0.29) is 28.1 Å². The number of carbonyl (C=O) groups is 1. The van der Waals surface area contributed by atoms with Crippen LogP contribution >= 0.6 is 34.7 Å². The number of nitrogens with zero attached hydrogens (tertiary/aromatic N) is 4. The Kier molecular flexibility index (Phi) is 7.76. The van der Waals surface area contributed by atoms with Gasteiger partial charge in [-0.2, -0.15) is 5.10 Å². The number of thioether (sulfide) groups is 1. The average molecular weight is 522 g/mol. The Morgan fingerprint density at radius 2 is 2.00 bits per heavy atom. The highest BCUT2D eigenvalue weighted by atomic mass is 35.5. The molecule has 0 atom stereocenters. The Bertz CT molecular complexity index is 1280. The monoisotopic (exact) mass is 521 g/mol. The molecule has 2 aromatic heterocycles. The van der Waals surface area contributed by atoms with Crippen molar-refractivity contribution in [1.82, 2.24) is 20.0 Å². The molecule has 1 N–H and O–H groups in total. The Morgan fingerprint density at radius 1 is 1.21 bits per heavy atom. The Hall–Kier alpha value is -3.02. The molecular formula is C22H18ClF2N5O2S2. The first-order chi connectivity index (χ1) is 16.4. The molecular weight excluding hydrogens is 504 g/mol. The van der Waals surface area contributed by atoms with Crippen LogP contribution in [-0.2, 0) is 5.75 Å². The van der Waals surface area contributed by atoms with Gasteiger partial charge < -0.3 is 4.74 Å². The summed E-state index contributed by atoms with van der Waals surface area (Å²) in [5.74, 6) is -0.743. The summed E-state index contributed by atoms with van der Waals surface area (Å²) in [6, 6.07) is 10.2. The lowest BCUT2D eigenvalue weighted by Crippen LogP contribution is -2.14. The predicted molar refractivity (Wildman–Crippen MR) is 128 cm³/mol. The van der Waals surface area contributed by atoms with Crippen LogP contribution in [0, 0.1) is 11.6 Å². The van der Waals surface area contributed by atoms with Crippen LogP contribution in [0.2, 0.25) is 5.02 Å². The van der Waals surface area contributed by atoms with E-state index < -0.39 is 11.7 Å². The van der Waals surface area contributed by atoms with Gasteiger partial charge in [0.05, 0.1) is 18.5 Å². The van der Waals surface area contributed by atoms with Crippen molar-refractivity contribution in [3.05, 3.63) is 76.6 Å². The second kappa shape index (κ2) is 10.9. The molecule has 0 unspecified atom stereocenters. The van der Waals surface area contributed by atoms with Gasteiger partial charge in [0.25, 0.3) is 5.91 Å². The zero-order chi connectivity index (χ0) is 24.1. The minimum atomic E-state index is -0.531. The lowest BCUT2D eigenvalue weighted by molar-refractivity contribution is 0.101. The molecule has 0 bridgehead atoms. The van der Waals surface area contributed by atoms with Gasteiger partial charge in [-0.1, -0.05) is 47.7 Å². The van der Waals surface area contributed by atoms with Gasteiger partial charge >= 0.3 is 0 Å². The molecule has 0 fully saturated rings. The fourth-order valence-corrected chi connectivity index (χ4v) is 4.93. The zero-order valence-corrected chi connectivity index (χ0v) is 20.2. The standard InChI is InChI=1S/C22H18ClF2N5O2S2/c1-2-10-32-18-11-30(14-8-6-13(24)7-9-14)29-19(18)20(31)26-21-27-28-22(34-21)33-12-15-16(23)4-3-5-17(15)25/h3-9,11H,2,10,12H2,1H3,(H,26,27,31). The molecule has 0 saturated carbocycles. The Labute approximate surface area is 207 Å². The number of ether oxygens (including phenoxy) is 1. The molecule has 12 heteroatoms. The van der Waals surface area contributed by atoms with E-state index in [4.69, 9.17) is 16.3 Å². The number of carbonyl (C=O) groups excluding carboxylic acids is 1. The van der Waals surface area contributed by atoms with Crippen LogP contribution in [0.5, 0.6) is 5.75 Å². The minimum absolute atomic E-state index is 0.0558. The summed E-state index contributed by atoms with van der Waals surface area (Å²) in [6.07, 6.45) is 2.31. The van der Waals surface area contributed by atoms with E-state index in [1.54, 1.807) is 30.5 Å². The smallest absolute Gasteiger partial charge is 0.281 e. The third-order valence-electron chi connectivity index (χ3n) is 4.48. The van der Waals surface area contributed by atoms with E-state index in [1.165, 1.54) is 34.6 Å². The summed E-state index contributed by atoms with van der Waals surface area (Å²) in [5.41, 5.74) is 1.00. The van der Waals surface area contributed by atoms with Crippen LogP contribution < -0.4 is 10.1 Å². The SMILES string of the molecule is CCCOc1cn(-c2ccc(F)cc2)nc1C(=O)Nc1nnc(SCc2c(F)cccc2Cl)s1. The highest BCUT2D eigenvalue weighted by Gasteiger charge is 2.21. The summed E-state index contributed by atoms with van der Waals surface area (Å²) in [5, 5.41) is 15.6. The molecule has 0 aliphatic carbocycles. The first-order valence-corrected chi connectivity index (χ1v) is 12.3. The first kappa shape index (κ1) is 24.1. The molecule has 0 aliphatic rings. The van der Waals surface area contributed by atoms with Gasteiger partial charge in [-0.15, -0.1) is 10.2 Å². The number of rotatable bonds is 9. The summed E-state index contributed by atoms with van der Waals surface area (Å²) >= 11 is 8.46. The van der Waals surface area contributed by atoms with Gasteiger partial charge in [-0.3, -0.25) is 10.1 Å². The minimum Gasteiger partial charge on any atom is -0.489 e. The lowest BCUT2D eigenvalue weighted by Gasteiger charge is -2.04. The third kappa shape index (κ3) is 5.72. The van der Waals surface area contributed by atoms with E-state index >= 15 is 0 Å². The van der Waals surface area contributed by atoms with Crippen LogP contribution in [-0.4, -0.2) is 32.5 Å². The number of benzene rings is 2. The highest BCUT2D eigenvalue weighted by Crippen LogP contribution is 2.32. The van der Waals surface area contributed by atoms with E-state index in [0.717, 1.165) is 17.8 Å². The van der Waals surface area contributed by atoms with Crippen molar-refractivity contribution in [3.63, 3.8) is 0 Å². The molecule has 2 heterocycles.